The van der Waals surface area contributed by atoms with Gasteiger partial charge in [0.15, 0.2) is 5.96 Å². The van der Waals surface area contributed by atoms with E-state index < -0.39 is 0 Å². The lowest BCUT2D eigenvalue weighted by atomic mass is 10.0. The van der Waals surface area contributed by atoms with Crippen molar-refractivity contribution in [2.45, 2.75) is 32.6 Å². The van der Waals surface area contributed by atoms with Gasteiger partial charge in [0, 0.05) is 58.2 Å². The first-order valence-electron chi connectivity index (χ1n) is 10.8. The van der Waals surface area contributed by atoms with Crippen LogP contribution in [-0.2, 0) is 9.47 Å². The number of hydrogen-bond donors (Lipinski definition) is 3. The van der Waals surface area contributed by atoms with E-state index in [1.54, 1.807) is 0 Å². The Labute approximate surface area is 197 Å². The highest BCUT2D eigenvalue weighted by atomic mass is 127. The zero-order valence-corrected chi connectivity index (χ0v) is 20.4. The number of hydrogen-bond acceptors (Lipinski definition) is 4. The molecule has 2 rings (SSSR count). The van der Waals surface area contributed by atoms with Crippen molar-refractivity contribution in [3.63, 3.8) is 0 Å². The minimum Gasteiger partial charge on any atom is -0.381 e. The van der Waals surface area contributed by atoms with E-state index in [0.717, 1.165) is 71.2 Å². The topological polar surface area (TPSA) is 84.0 Å². The van der Waals surface area contributed by atoms with Crippen LogP contribution in [0.25, 0.3) is 0 Å². The van der Waals surface area contributed by atoms with Crippen LogP contribution >= 0.6 is 24.0 Å². The highest BCUT2D eigenvalue weighted by Gasteiger charge is 2.13. The third kappa shape index (κ3) is 11.7. The van der Waals surface area contributed by atoms with Crippen molar-refractivity contribution in [3.05, 3.63) is 35.9 Å². The molecule has 0 bridgehead atoms. The van der Waals surface area contributed by atoms with Crippen molar-refractivity contribution in [2.75, 3.05) is 52.6 Å². The van der Waals surface area contributed by atoms with Crippen LogP contribution in [0, 0.1) is 5.92 Å². The predicted octanol–water partition coefficient (Wildman–Crippen LogP) is 2.81. The number of rotatable bonds is 12. The third-order valence-corrected chi connectivity index (χ3v) is 4.72. The Kier molecular flexibility index (Phi) is 15.4. The molecule has 1 aromatic rings. The van der Waals surface area contributed by atoms with E-state index in [0.29, 0.717) is 24.6 Å². The van der Waals surface area contributed by atoms with Crippen molar-refractivity contribution in [1.29, 1.82) is 0 Å². The molecule has 0 atom stereocenters. The average molecular weight is 532 g/mol. The largest absolute Gasteiger partial charge is 0.381 e. The average Bonchev–Trinajstić information content (AvgIpc) is 2.77. The summed E-state index contributed by atoms with van der Waals surface area (Å²) in [6.45, 7) is 8.29. The van der Waals surface area contributed by atoms with Gasteiger partial charge in [0.25, 0.3) is 5.91 Å². The summed E-state index contributed by atoms with van der Waals surface area (Å²) in [5, 5.41) is 9.51. The molecule has 0 saturated carbocycles. The van der Waals surface area contributed by atoms with Crippen LogP contribution in [-0.4, -0.2) is 64.5 Å². The van der Waals surface area contributed by atoms with Crippen LogP contribution in [0.5, 0.6) is 0 Å². The number of carbonyl (C=O) groups excluding carboxylic acids is 1. The standard InChI is InChI=1S/C22H36N4O3.HI/c1-2-23-22(26-14-7-15-29-18-19-10-16-28-17-11-19)25-13-6-12-24-21(27)20-8-4-3-5-9-20;/h3-5,8-9,19H,2,6-7,10-18H2,1H3,(H,24,27)(H2,23,25,26);1H. The van der Waals surface area contributed by atoms with Crippen molar-refractivity contribution in [2.24, 2.45) is 10.9 Å². The van der Waals surface area contributed by atoms with Gasteiger partial charge in [0.1, 0.15) is 0 Å². The highest BCUT2D eigenvalue weighted by Crippen LogP contribution is 2.14. The van der Waals surface area contributed by atoms with Crippen LogP contribution < -0.4 is 16.0 Å². The zero-order chi connectivity index (χ0) is 20.6. The Morgan fingerprint density at radius 3 is 2.57 bits per heavy atom. The van der Waals surface area contributed by atoms with Gasteiger partial charge in [-0.15, -0.1) is 24.0 Å². The monoisotopic (exact) mass is 532 g/mol. The van der Waals surface area contributed by atoms with Crippen LogP contribution in [0.4, 0.5) is 0 Å². The fourth-order valence-electron chi connectivity index (χ4n) is 3.05. The van der Waals surface area contributed by atoms with Gasteiger partial charge in [-0.25, -0.2) is 0 Å². The maximum absolute atomic E-state index is 12.0. The number of halogens is 1. The van der Waals surface area contributed by atoms with Crippen LogP contribution in [0.1, 0.15) is 43.0 Å². The molecule has 0 aliphatic carbocycles. The Morgan fingerprint density at radius 2 is 1.83 bits per heavy atom. The first kappa shape index (κ1) is 26.6. The molecule has 1 saturated heterocycles. The molecule has 1 fully saturated rings. The molecule has 1 aromatic carbocycles. The molecule has 8 heteroatoms. The summed E-state index contributed by atoms with van der Waals surface area (Å²) in [5.74, 6) is 1.42. The molecule has 0 aromatic heterocycles. The minimum absolute atomic E-state index is 0. The summed E-state index contributed by atoms with van der Waals surface area (Å²) < 4.78 is 11.2. The van der Waals surface area contributed by atoms with Crippen molar-refractivity contribution >= 4 is 35.8 Å². The molecule has 7 nitrogen and oxygen atoms in total. The molecule has 170 valence electrons. The lowest BCUT2D eigenvalue weighted by Crippen LogP contribution is -2.38. The smallest absolute Gasteiger partial charge is 0.251 e. The molecular formula is C22H37IN4O3. The van der Waals surface area contributed by atoms with Crippen molar-refractivity contribution < 1.29 is 14.3 Å². The van der Waals surface area contributed by atoms with Gasteiger partial charge in [-0.1, -0.05) is 18.2 Å². The number of aliphatic imine (C=N–C) groups is 1. The second-order valence-electron chi connectivity index (χ2n) is 7.15. The summed E-state index contributed by atoms with van der Waals surface area (Å²) >= 11 is 0. The van der Waals surface area contributed by atoms with E-state index >= 15 is 0 Å². The molecule has 30 heavy (non-hydrogen) atoms. The SMILES string of the molecule is CCNC(=NCCCNC(=O)c1ccccc1)NCCCOCC1CCOCC1.I. The van der Waals surface area contributed by atoms with Crippen LogP contribution in [0.15, 0.2) is 35.3 Å². The Morgan fingerprint density at radius 1 is 1.10 bits per heavy atom. The second-order valence-corrected chi connectivity index (χ2v) is 7.15. The van der Waals surface area contributed by atoms with E-state index in [4.69, 9.17) is 9.47 Å². The molecule has 0 unspecified atom stereocenters. The van der Waals surface area contributed by atoms with Crippen molar-refractivity contribution in [3.8, 4) is 0 Å². The number of ether oxygens (including phenoxy) is 2. The molecule has 1 aliphatic heterocycles. The fraction of sp³-hybridized carbons (Fsp3) is 0.636. The molecule has 1 aliphatic rings. The Hall–Kier alpha value is -1.39. The molecule has 0 radical (unpaired) electrons. The maximum atomic E-state index is 12.0. The van der Waals surface area contributed by atoms with E-state index in [2.05, 4.69) is 20.9 Å². The number of amides is 1. The quantitative estimate of drug-likeness (QED) is 0.167. The second kappa shape index (κ2) is 17.3. The van der Waals surface area contributed by atoms with Gasteiger partial charge in [-0.05, 0) is 50.7 Å². The molecular weight excluding hydrogens is 495 g/mol. The van der Waals surface area contributed by atoms with Gasteiger partial charge in [0.05, 0.1) is 0 Å². The summed E-state index contributed by atoms with van der Waals surface area (Å²) in [5.41, 5.74) is 0.685. The normalized spacial score (nSPS) is 14.6. The zero-order valence-electron chi connectivity index (χ0n) is 18.0. The Balaban J connectivity index is 0.00000450. The first-order valence-corrected chi connectivity index (χ1v) is 10.8. The van der Waals surface area contributed by atoms with E-state index in [9.17, 15) is 4.79 Å². The summed E-state index contributed by atoms with van der Waals surface area (Å²) in [7, 11) is 0. The lowest BCUT2D eigenvalue weighted by Gasteiger charge is -2.21. The molecule has 1 amide bonds. The predicted molar refractivity (Wildman–Crippen MR) is 132 cm³/mol. The van der Waals surface area contributed by atoms with Gasteiger partial charge in [-0.2, -0.15) is 0 Å². The third-order valence-electron chi connectivity index (χ3n) is 4.72. The van der Waals surface area contributed by atoms with Gasteiger partial charge < -0.3 is 25.4 Å². The summed E-state index contributed by atoms with van der Waals surface area (Å²) in [4.78, 5) is 16.5. The highest BCUT2D eigenvalue weighted by molar-refractivity contribution is 14.0. The number of benzene rings is 1. The number of nitrogens with one attached hydrogen (secondary N) is 3. The van der Waals surface area contributed by atoms with Crippen LogP contribution in [0.2, 0.25) is 0 Å². The van der Waals surface area contributed by atoms with Gasteiger partial charge >= 0.3 is 0 Å². The van der Waals surface area contributed by atoms with E-state index in [-0.39, 0.29) is 29.9 Å². The van der Waals surface area contributed by atoms with Crippen LogP contribution in [0.3, 0.4) is 0 Å². The van der Waals surface area contributed by atoms with Crippen molar-refractivity contribution in [1.82, 2.24) is 16.0 Å². The minimum atomic E-state index is -0.0413. The fourth-order valence-corrected chi connectivity index (χ4v) is 3.05. The summed E-state index contributed by atoms with van der Waals surface area (Å²) in [6.07, 6.45) is 3.96. The maximum Gasteiger partial charge on any atom is 0.251 e. The lowest BCUT2D eigenvalue weighted by molar-refractivity contribution is 0.0203. The van der Waals surface area contributed by atoms with Gasteiger partial charge in [0.2, 0.25) is 0 Å². The number of carbonyl (C=O) groups is 1. The van der Waals surface area contributed by atoms with Gasteiger partial charge in [-0.3, -0.25) is 9.79 Å². The molecule has 1 heterocycles. The number of guanidine groups is 1. The van der Waals surface area contributed by atoms with E-state index in [1.165, 1.54) is 0 Å². The first-order chi connectivity index (χ1) is 14.3. The number of nitrogens with zero attached hydrogens (tertiary/aromatic N) is 1. The Bertz CT molecular complexity index is 595. The summed E-state index contributed by atoms with van der Waals surface area (Å²) in [6, 6.07) is 9.26. The molecule has 0 spiro atoms. The molecule has 3 N–H and O–H groups in total. The van der Waals surface area contributed by atoms with E-state index in [1.807, 2.05) is 37.3 Å².